The molecule has 1 N–H and O–H groups in total. The maximum atomic E-state index is 12.3. The zero-order chi connectivity index (χ0) is 14.1. The molecule has 0 radical (unpaired) electrons. The predicted octanol–water partition coefficient (Wildman–Crippen LogP) is 2.76. The molecule has 0 spiro atoms. The van der Waals surface area contributed by atoms with E-state index in [9.17, 15) is 35.5 Å². The second-order valence-corrected chi connectivity index (χ2v) is 3.03. The summed E-state index contributed by atoms with van der Waals surface area (Å²) >= 11 is 0. The van der Waals surface area contributed by atoms with Gasteiger partial charge in [0, 0.05) is 6.07 Å². The van der Waals surface area contributed by atoms with Crippen molar-refractivity contribution in [1.29, 1.82) is 0 Å². The molecule has 0 aliphatic heterocycles. The highest BCUT2D eigenvalue weighted by Gasteiger charge is 2.38. The lowest BCUT2D eigenvalue weighted by Gasteiger charge is -2.13. The first kappa shape index (κ1) is 14.3. The van der Waals surface area contributed by atoms with Gasteiger partial charge in [-0.2, -0.15) is 13.2 Å². The van der Waals surface area contributed by atoms with Crippen molar-refractivity contribution in [1.82, 2.24) is 4.98 Å². The number of alkyl halides is 7. The van der Waals surface area contributed by atoms with Crippen LogP contribution in [0.25, 0.3) is 0 Å². The van der Waals surface area contributed by atoms with Gasteiger partial charge in [-0.15, -0.1) is 13.2 Å². The Balaban J connectivity index is 3.33. The van der Waals surface area contributed by atoms with E-state index in [2.05, 4.69) is 4.74 Å². The third kappa shape index (κ3) is 3.37. The molecule has 0 fully saturated rings. The van der Waals surface area contributed by atoms with Crippen molar-refractivity contribution in [3.05, 3.63) is 27.5 Å². The summed E-state index contributed by atoms with van der Waals surface area (Å²) in [6.07, 6.45) is -10.4. The number of aromatic nitrogens is 1. The average Bonchev–Trinajstić information content (AvgIpc) is 2.11. The average molecular weight is 279 g/mol. The van der Waals surface area contributed by atoms with Gasteiger partial charge >= 0.3 is 12.5 Å². The van der Waals surface area contributed by atoms with E-state index in [0.29, 0.717) is 0 Å². The van der Waals surface area contributed by atoms with Gasteiger partial charge in [0.1, 0.15) is 12.2 Å². The van der Waals surface area contributed by atoms with Gasteiger partial charge in [0.2, 0.25) is 5.88 Å². The van der Waals surface area contributed by atoms with Crippen molar-refractivity contribution in [3.63, 3.8) is 0 Å². The Kier molecular flexibility index (Phi) is 3.58. The van der Waals surface area contributed by atoms with Crippen LogP contribution in [0.5, 0.6) is 5.88 Å². The summed E-state index contributed by atoms with van der Waals surface area (Å²) in [6.45, 7) is -1.79. The zero-order valence-corrected chi connectivity index (χ0v) is 8.25. The molecule has 1 heterocycles. The van der Waals surface area contributed by atoms with Crippen LogP contribution >= 0.6 is 0 Å². The largest absolute Gasteiger partial charge is 0.574 e. The van der Waals surface area contributed by atoms with Crippen LogP contribution in [0.3, 0.4) is 0 Å². The molecule has 0 amide bonds. The molecule has 0 atom stereocenters. The number of halogens is 7. The van der Waals surface area contributed by atoms with Crippen LogP contribution in [-0.4, -0.2) is 11.3 Å². The van der Waals surface area contributed by atoms with Crippen LogP contribution < -0.4 is 10.2 Å². The number of pyridine rings is 1. The van der Waals surface area contributed by atoms with Crippen LogP contribution in [0.2, 0.25) is 0 Å². The van der Waals surface area contributed by atoms with Crippen molar-refractivity contribution >= 4 is 0 Å². The quantitative estimate of drug-likeness (QED) is 0.846. The molecule has 18 heavy (non-hydrogen) atoms. The van der Waals surface area contributed by atoms with Crippen molar-refractivity contribution in [2.45, 2.75) is 19.2 Å². The van der Waals surface area contributed by atoms with E-state index in [1.807, 2.05) is 0 Å². The Hall–Kier alpha value is -1.74. The van der Waals surface area contributed by atoms with Gasteiger partial charge in [-0.1, -0.05) is 0 Å². The normalized spacial score (nSPS) is 12.6. The molecule has 1 aromatic heterocycles. The fraction of sp³-hybridized carbons (Fsp3) is 0.375. The topological polar surface area (TPSA) is 42.1 Å². The van der Waals surface area contributed by atoms with Gasteiger partial charge < -0.3 is 9.72 Å². The molecule has 102 valence electrons. The lowest BCUT2D eigenvalue weighted by molar-refractivity contribution is -0.276. The van der Waals surface area contributed by atoms with Crippen LogP contribution in [0.1, 0.15) is 11.3 Å². The molecule has 10 heteroatoms. The highest BCUT2D eigenvalue weighted by Crippen LogP contribution is 2.30. The number of ether oxygens (including phenoxy) is 1. The second kappa shape index (κ2) is 4.50. The van der Waals surface area contributed by atoms with Crippen LogP contribution in [0, 0.1) is 0 Å². The van der Waals surface area contributed by atoms with Gasteiger partial charge in [-0.25, -0.2) is 4.39 Å². The Morgan fingerprint density at radius 2 is 1.72 bits per heavy atom. The van der Waals surface area contributed by atoms with E-state index in [-0.39, 0.29) is 6.07 Å². The summed E-state index contributed by atoms with van der Waals surface area (Å²) in [5.41, 5.74) is -5.03. The van der Waals surface area contributed by atoms with Gasteiger partial charge in [0.25, 0.3) is 0 Å². The highest BCUT2D eigenvalue weighted by atomic mass is 19.4. The SMILES string of the molecule is O=c1cc(OC(F)(F)F)[nH]c(CF)c1C(F)(F)F. The monoisotopic (exact) mass is 279 g/mol. The molecule has 0 aromatic carbocycles. The summed E-state index contributed by atoms with van der Waals surface area (Å²) in [5.74, 6) is -1.31. The summed E-state index contributed by atoms with van der Waals surface area (Å²) in [4.78, 5) is 12.4. The minimum atomic E-state index is -5.21. The van der Waals surface area contributed by atoms with E-state index < -0.39 is 41.8 Å². The smallest absolute Gasteiger partial charge is 0.390 e. The number of hydrogen-bond donors (Lipinski definition) is 1. The third-order valence-electron chi connectivity index (χ3n) is 1.73. The molecule has 0 aliphatic rings. The van der Waals surface area contributed by atoms with E-state index in [1.165, 1.54) is 4.98 Å². The molecule has 1 aromatic rings. The molecular formula is C8H4F7NO2. The lowest BCUT2D eigenvalue weighted by atomic mass is 10.2. The molecule has 0 bridgehead atoms. The fourth-order valence-corrected chi connectivity index (χ4v) is 1.18. The molecular weight excluding hydrogens is 275 g/mol. The Morgan fingerprint density at radius 3 is 2.11 bits per heavy atom. The van der Waals surface area contributed by atoms with Crippen molar-refractivity contribution in [2.75, 3.05) is 0 Å². The molecule has 0 saturated carbocycles. The lowest BCUT2D eigenvalue weighted by Crippen LogP contribution is -2.25. The summed E-state index contributed by atoms with van der Waals surface area (Å²) in [6, 6.07) is -0.0462. The number of hydrogen-bond acceptors (Lipinski definition) is 2. The highest BCUT2D eigenvalue weighted by molar-refractivity contribution is 5.28. The van der Waals surface area contributed by atoms with Crippen molar-refractivity contribution in [2.24, 2.45) is 0 Å². The molecule has 1 rings (SSSR count). The standard InChI is InChI=1S/C8H4F7NO2/c9-2-3-6(7(10,11)12)4(17)1-5(16-3)18-8(13,14)15/h1H,2H2,(H,16,17). The molecule has 3 nitrogen and oxygen atoms in total. The Bertz CT molecular complexity index is 488. The van der Waals surface area contributed by atoms with Gasteiger partial charge in [-0.3, -0.25) is 4.79 Å². The molecule has 0 unspecified atom stereocenters. The molecule has 0 saturated heterocycles. The number of nitrogens with one attached hydrogen (secondary N) is 1. The summed E-state index contributed by atoms with van der Waals surface area (Å²) < 4.78 is 87.8. The van der Waals surface area contributed by atoms with Gasteiger partial charge in [0.15, 0.2) is 5.43 Å². The minimum Gasteiger partial charge on any atom is -0.390 e. The first-order valence-corrected chi connectivity index (χ1v) is 4.19. The zero-order valence-electron chi connectivity index (χ0n) is 8.25. The number of H-pyrrole nitrogens is 1. The van der Waals surface area contributed by atoms with Gasteiger partial charge in [0.05, 0.1) is 5.69 Å². The first-order valence-electron chi connectivity index (χ1n) is 4.19. The number of aromatic amines is 1. The van der Waals surface area contributed by atoms with Crippen LogP contribution in [0.15, 0.2) is 10.9 Å². The maximum absolute atomic E-state index is 12.3. The second-order valence-electron chi connectivity index (χ2n) is 3.03. The Labute approximate surface area is 94.2 Å². The van der Waals surface area contributed by atoms with E-state index in [1.54, 1.807) is 0 Å². The van der Waals surface area contributed by atoms with Gasteiger partial charge in [-0.05, 0) is 0 Å². The van der Waals surface area contributed by atoms with Crippen molar-refractivity contribution < 1.29 is 35.5 Å². The van der Waals surface area contributed by atoms with E-state index in [0.717, 1.165) is 0 Å². The predicted molar refractivity (Wildman–Crippen MR) is 43.6 cm³/mol. The molecule has 0 aliphatic carbocycles. The van der Waals surface area contributed by atoms with E-state index >= 15 is 0 Å². The Morgan fingerprint density at radius 1 is 1.17 bits per heavy atom. The number of rotatable bonds is 2. The van der Waals surface area contributed by atoms with Crippen LogP contribution in [0.4, 0.5) is 30.7 Å². The third-order valence-corrected chi connectivity index (χ3v) is 1.73. The maximum Gasteiger partial charge on any atom is 0.574 e. The summed E-state index contributed by atoms with van der Waals surface area (Å²) in [7, 11) is 0. The van der Waals surface area contributed by atoms with Crippen molar-refractivity contribution in [3.8, 4) is 5.88 Å². The summed E-state index contributed by atoms with van der Waals surface area (Å²) in [5, 5.41) is 0. The van der Waals surface area contributed by atoms with Crippen LogP contribution in [-0.2, 0) is 12.9 Å². The fourth-order valence-electron chi connectivity index (χ4n) is 1.18. The van der Waals surface area contributed by atoms with E-state index in [4.69, 9.17) is 0 Å². The first-order chi connectivity index (χ1) is 8.04. The minimum absolute atomic E-state index is 0.0462.